The molecular formula is C24H26N2O4S. The summed E-state index contributed by atoms with van der Waals surface area (Å²) in [6.45, 7) is 8.43. The summed E-state index contributed by atoms with van der Waals surface area (Å²) in [6.07, 6.45) is 0. The van der Waals surface area contributed by atoms with Crippen LogP contribution in [0.2, 0.25) is 0 Å². The highest BCUT2D eigenvalue weighted by atomic mass is 32.1. The molecule has 1 aromatic heterocycles. The minimum Gasteiger partial charge on any atom is -0.492 e. The fraction of sp³-hybridized carbons (Fsp3) is 0.250. The molecule has 0 aliphatic carbocycles. The van der Waals surface area contributed by atoms with Crippen LogP contribution < -0.4 is 20.1 Å². The van der Waals surface area contributed by atoms with Crippen molar-refractivity contribution in [3.8, 4) is 11.5 Å². The van der Waals surface area contributed by atoms with Gasteiger partial charge in [-0.05, 0) is 45.4 Å². The first-order chi connectivity index (χ1) is 14.9. The van der Waals surface area contributed by atoms with Gasteiger partial charge in [-0.25, -0.2) is 0 Å². The Morgan fingerprint density at radius 2 is 1.42 bits per heavy atom. The summed E-state index contributed by atoms with van der Waals surface area (Å²) in [5.74, 6) is 0.424. The first-order valence-electron chi connectivity index (χ1n) is 10.1. The molecule has 162 valence electrons. The molecule has 6 nitrogen and oxygen atoms in total. The quantitative estimate of drug-likeness (QED) is 0.475. The molecule has 0 fully saturated rings. The topological polar surface area (TPSA) is 76.7 Å². The van der Waals surface area contributed by atoms with Gasteiger partial charge in [-0.15, -0.1) is 11.3 Å². The summed E-state index contributed by atoms with van der Waals surface area (Å²) in [6, 6.07) is 12.3. The van der Waals surface area contributed by atoms with Crippen molar-refractivity contribution in [1.82, 2.24) is 0 Å². The maximum atomic E-state index is 12.9. The smallest absolute Gasteiger partial charge is 0.256 e. The van der Waals surface area contributed by atoms with Gasteiger partial charge in [0.25, 0.3) is 11.8 Å². The van der Waals surface area contributed by atoms with Gasteiger partial charge in [0.2, 0.25) is 0 Å². The van der Waals surface area contributed by atoms with E-state index >= 15 is 0 Å². The van der Waals surface area contributed by atoms with Crippen molar-refractivity contribution in [2.45, 2.75) is 27.7 Å². The molecule has 3 rings (SSSR count). The number of aryl methyl sites for hydroxylation is 1. The molecule has 0 atom stereocenters. The first kappa shape index (κ1) is 22.4. The predicted molar refractivity (Wildman–Crippen MR) is 125 cm³/mol. The van der Waals surface area contributed by atoms with E-state index in [9.17, 15) is 9.59 Å². The average Bonchev–Trinajstić information content (AvgIpc) is 3.10. The fourth-order valence-electron chi connectivity index (χ4n) is 3.02. The van der Waals surface area contributed by atoms with Crippen LogP contribution in [0.5, 0.6) is 11.5 Å². The Kier molecular flexibility index (Phi) is 7.31. The van der Waals surface area contributed by atoms with Gasteiger partial charge < -0.3 is 20.1 Å². The van der Waals surface area contributed by atoms with Gasteiger partial charge in [0.1, 0.15) is 11.5 Å². The molecule has 0 aliphatic heterocycles. The second-order valence-corrected chi connectivity index (χ2v) is 7.90. The summed E-state index contributed by atoms with van der Waals surface area (Å²) < 4.78 is 11.5. The number of rotatable bonds is 8. The standard InChI is InChI=1S/C24H26N2O4S/c1-5-29-21-13-20(26-24(28)18-14-31-16(4)15(18)3)22(30-6-2)12-19(21)25-23(27)17-10-8-7-9-11-17/h7-14H,5-6H2,1-4H3,(H,25,27)(H,26,28). The third kappa shape index (κ3) is 5.24. The summed E-state index contributed by atoms with van der Waals surface area (Å²) in [7, 11) is 0. The molecule has 1 heterocycles. The van der Waals surface area contributed by atoms with Crippen molar-refractivity contribution in [3.63, 3.8) is 0 Å². The predicted octanol–water partition coefficient (Wildman–Crippen LogP) is 5.67. The second kappa shape index (κ2) is 10.1. The van der Waals surface area contributed by atoms with E-state index in [1.807, 2.05) is 39.1 Å². The zero-order valence-electron chi connectivity index (χ0n) is 18.1. The third-order valence-corrected chi connectivity index (χ3v) is 5.76. The van der Waals surface area contributed by atoms with Gasteiger partial charge in [-0.1, -0.05) is 18.2 Å². The first-order valence-corrected chi connectivity index (χ1v) is 11.0. The van der Waals surface area contributed by atoms with Crippen molar-refractivity contribution in [2.75, 3.05) is 23.8 Å². The number of thiophene rings is 1. The van der Waals surface area contributed by atoms with Gasteiger partial charge in [-0.3, -0.25) is 9.59 Å². The van der Waals surface area contributed by atoms with Gasteiger partial charge in [0, 0.05) is 28.0 Å². The molecule has 0 radical (unpaired) electrons. The van der Waals surface area contributed by atoms with Crippen molar-refractivity contribution in [2.24, 2.45) is 0 Å². The Hall–Kier alpha value is -3.32. The Morgan fingerprint density at radius 1 is 0.871 bits per heavy atom. The van der Waals surface area contributed by atoms with Crippen LogP contribution in [-0.2, 0) is 0 Å². The van der Waals surface area contributed by atoms with Crippen LogP contribution in [0.3, 0.4) is 0 Å². The number of nitrogens with one attached hydrogen (secondary N) is 2. The molecule has 2 amide bonds. The molecule has 0 aliphatic rings. The van der Waals surface area contributed by atoms with E-state index in [4.69, 9.17) is 9.47 Å². The molecule has 0 spiro atoms. The van der Waals surface area contributed by atoms with E-state index in [-0.39, 0.29) is 11.8 Å². The highest BCUT2D eigenvalue weighted by Gasteiger charge is 2.19. The average molecular weight is 439 g/mol. The van der Waals surface area contributed by atoms with E-state index < -0.39 is 0 Å². The Bertz CT molecular complexity index is 1080. The Balaban J connectivity index is 1.94. The number of carbonyl (C=O) groups excluding carboxylic acids is 2. The SMILES string of the molecule is CCOc1cc(NC(=O)c2csc(C)c2C)c(OCC)cc1NC(=O)c1ccccc1. The highest BCUT2D eigenvalue weighted by molar-refractivity contribution is 7.10. The molecule has 3 aromatic rings. The molecule has 2 aromatic carbocycles. The maximum Gasteiger partial charge on any atom is 0.256 e. The zero-order valence-corrected chi connectivity index (χ0v) is 18.9. The number of hydrogen-bond acceptors (Lipinski definition) is 5. The van der Waals surface area contributed by atoms with E-state index in [0.717, 1.165) is 10.4 Å². The lowest BCUT2D eigenvalue weighted by molar-refractivity contribution is 0.101. The van der Waals surface area contributed by atoms with Gasteiger partial charge in [0.05, 0.1) is 30.2 Å². The lowest BCUT2D eigenvalue weighted by Crippen LogP contribution is -2.16. The molecule has 0 saturated carbocycles. The van der Waals surface area contributed by atoms with Crippen molar-refractivity contribution in [1.29, 1.82) is 0 Å². The molecule has 0 saturated heterocycles. The van der Waals surface area contributed by atoms with Gasteiger partial charge in [0.15, 0.2) is 0 Å². The zero-order chi connectivity index (χ0) is 22.4. The normalized spacial score (nSPS) is 10.5. The van der Waals surface area contributed by atoms with Crippen LogP contribution in [0.4, 0.5) is 11.4 Å². The van der Waals surface area contributed by atoms with Crippen molar-refractivity contribution >= 4 is 34.5 Å². The van der Waals surface area contributed by atoms with Gasteiger partial charge in [-0.2, -0.15) is 0 Å². The fourth-order valence-corrected chi connectivity index (χ4v) is 3.88. The Labute approximate surface area is 186 Å². The van der Waals surface area contributed by atoms with Crippen LogP contribution in [0.15, 0.2) is 47.8 Å². The van der Waals surface area contributed by atoms with Crippen molar-refractivity contribution < 1.29 is 19.1 Å². The molecule has 2 N–H and O–H groups in total. The number of benzene rings is 2. The van der Waals surface area contributed by atoms with Crippen LogP contribution in [-0.4, -0.2) is 25.0 Å². The number of amides is 2. The van der Waals surface area contributed by atoms with E-state index in [1.165, 1.54) is 11.3 Å². The van der Waals surface area contributed by atoms with Gasteiger partial charge >= 0.3 is 0 Å². The number of ether oxygens (including phenoxy) is 2. The number of carbonyl (C=O) groups is 2. The Morgan fingerprint density at radius 3 is 1.90 bits per heavy atom. The summed E-state index contributed by atoms with van der Waals surface area (Å²) in [5.41, 5.74) is 3.07. The lowest BCUT2D eigenvalue weighted by atomic mass is 10.1. The minimum absolute atomic E-state index is 0.216. The number of anilines is 2. The molecule has 0 bridgehead atoms. The van der Waals surface area contributed by atoms with E-state index in [1.54, 1.807) is 36.4 Å². The second-order valence-electron chi connectivity index (χ2n) is 6.82. The minimum atomic E-state index is -0.259. The molecule has 7 heteroatoms. The van der Waals surface area contributed by atoms with E-state index in [2.05, 4.69) is 10.6 Å². The number of hydrogen-bond donors (Lipinski definition) is 2. The molecule has 31 heavy (non-hydrogen) atoms. The lowest BCUT2D eigenvalue weighted by Gasteiger charge is -2.18. The van der Waals surface area contributed by atoms with E-state index in [0.29, 0.717) is 47.2 Å². The summed E-state index contributed by atoms with van der Waals surface area (Å²) in [5, 5.41) is 7.65. The van der Waals surface area contributed by atoms with Crippen LogP contribution in [0.1, 0.15) is 45.0 Å². The summed E-state index contributed by atoms with van der Waals surface area (Å²) >= 11 is 1.54. The maximum absolute atomic E-state index is 12.9. The summed E-state index contributed by atoms with van der Waals surface area (Å²) in [4.78, 5) is 26.6. The third-order valence-electron chi connectivity index (χ3n) is 4.74. The van der Waals surface area contributed by atoms with Crippen LogP contribution >= 0.6 is 11.3 Å². The van der Waals surface area contributed by atoms with Crippen molar-refractivity contribution in [3.05, 3.63) is 69.4 Å². The highest BCUT2D eigenvalue weighted by Crippen LogP contribution is 2.37. The monoisotopic (exact) mass is 438 g/mol. The van der Waals surface area contributed by atoms with Crippen LogP contribution in [0.25, 0.3) is 0 Å². The largest absolute Gasteiger partial charge is 0.492 e. The van der Waals surface area contributed by atoms with Crippen LogP contribution in [0, 0.1) is 13.8 Å². The molecule has 0 unspecified atom stereocenters. The molecular weight excluding hydrogens is 412 g/mol.